The lowest BCUT2D eigenvalue weighted by atomic mass is 10.0. The standard InChI is InChI=1S/C49H29N7S/c1-50-40-25-12-11-21-36(40)31-27-29-35(30-28-31)47-52-44(32-15-5-2-6-16-32)53-48(54-47)38-23-14-26-41-42(38)37-22-13-24-39(43(37)57-41)49-55-45(33-17-7-3-8-18-33)51-46(56-49)34-19-9-4-10-20-34/h2-30H. The SMILES string of the molecule is [C-]#[N+]c1ccccc1-c1ccc(-c2nc(-c3ccccc3)nc(-c3cccc4sc5c(-c6nc(-c7ccccc7)nc(-c7ccccc7)n6)cccc5c34)n2)cc1. The summed E-state index contributed by atoms with van der Waals surface area (Å²) in [5.41, 5.74) is 7.89. The van der Waals surface area contributed by atoms with E-state index in [1.165, 1.54) is 0 Å². The first-order valence-corrected chi connectivity index (χ1v) is 19.2. The quantitative estimate of drug-likeness (QED) is 0.151. The number of rotatable bonds is 7. The lowest BCUT2D eigenvalue weighted by molar-refractivity contribution is 1.08. The Bertz CT molecular complexity index is 3060. The largest absolute Gasteiger partial charge is 0.238 e. The molecule has 0 spiro atoms. The highest BCUT2D eigenvalue weighted by molar-refractivity contribution is 7.26. The first kappa shape index (κ1) is 33.8. The van der Waals surface area contributed by atoms with Crippen molar-refractivity contribution in [2.75, 3.05) is 0 Å². The second-order valence-electron chi connectivity index (χ2n) is 13.4. The molecule has 266 valence electrons. The van der Waals surface area contributed by atoms with Crippen LogP contribution in [0.4, 0.5) is 5.69 Å². The molecular formula is C49H29N7S. The minimum absolute atomic E-state index is 0.563. The van der Waals surface area contributed by atoms with Crippen molar-refractivity contribution in [1.29, 1.82) is 0 Å². The van der Waals surface area contributed by atoms with Crippen LogP contribution in [0.15, 0.2) is 176 Å². The minimum Gasteiger partial charge on any atom is -0.238 e. The van der Waals surface area contributed by atoms with Crippen LogP contribution in [0.5, 0.6) is 0 Å². The smallest absolute Gasteiger partial charge is 0.194 e. The van der Waals surface area contributed by atoms with Crippen molar-refractivity contribution in [3.05, 3.63) is 187 Å². The van der Waals surface area contributed by atoms with E-state index >= 15 is 0 Å². The summed E-state index contributed by atoms with van der Waals surface area (Å²) in [6, 6.07) is 58.4. The maximum atomic E-state index is 7.64. The Morgan fingerprint density at radius 2 is 0.772 bits per heavy atom. The highest BCUT2D eigenvalue weighted by Crippen LogP contribution is 2.43. The molecule has 0 fully saturated rings. The molecule has 0 saturated heterocycles. The van der Waals surface area contributed by atoms with E-state index in [4.69, 9.17) is 36.5 Å². The van der Waals surface area contributed by atoms with Crippen LogP contribution in [0.3, 0.4) is 0 Å². The summed E-state index contributed by atoms with van der Waals surface area (Å²) in [4.78, 5) is 34.0. The lowest BCUT2D eigenvalue weighted by Gasteiger charge is -2.11. The van der Waals surface area contributed by atoms with Gasteiger partial charge in [-0.25, -0.2) is 34.7 Å². The molecule has 0 unspecified atom stereocenters. The zero-order chi connectivity index (χ0) is 38.1. The number of hydrogen-bond donors (Lipinski definition) is 0. The molecule has 10 aromatic rings. The molecule has 0 saturated carbocycles. The van der Waals surface area contributed by atoms with Gasteiger partial charge in [-0.05, 0) is 23.3 Å². The molecule has 8 heteroatoms. The molecule has 10 rings (SSSR count). The van der Waals surface area contributed by atoms with Crippen LogP contribution in [-0.4, -0.2) is 29.9 Å². The third-order valence-corrected chi connectivity index (χ3v) is 11.1. The van der Waals surface area contributed by atoms with Crippen LogP contribution >= 0.6 is 11.3 Å². The summed E-state index contributed by atoms with van der Waals surface area (Å²) in [7, 11) is 0. The van der Waals surface area contributed by atoms with Crippen molar-refractivity contribution in [2.24, 2.45) is 0 Å². The van der Waals surface area contributed by atoms with E-state index in [0.717, 1.165) is 64.7 Å². The van der Waals surface area contributed by atoms with Gasteiger partial charge in [0, 0.05) is 53.6 Å². The van der Waals surface area contributed by atoms with E-state index in [2.05, 4.69) is 41.2 Å². The molecule has 57 heavy (non-hydrogen) atoms. The molecule has 3 aromatic heterocycles. The maximum absolute atomic E-state index is 7.64. The van der Waals surface area contributed by atoms with Crippen molar-refractivity contribution in [2.45, 2.75) is 0 Å². The fraction of sp³-hybridized carbons (Fsp3) is 0. The van der Waals surface area contributed by atoms with Crippen LogP contribution < -0.4 is 0 Å². The number of para-hydroxylation sites is 1. The van der Waals surface area contributed by atoms with Crippen LogP contribution in [0.1, 0.15) is 0 Å². The Balaban J connectivity index is 1.14. The molecule has 0 bridgehead atoms. The summed E-state index contributed by atoms with van der Waals surface area (Å²) in [5, 5.41) is 2.12. The van der Waals surface area contributed by atoms with Crippen LogP contribution in [0.25, 0.3) is 104 Å². The van der Waals surface area contributed by atoms with Crippen molar-refractivity contribution in [1.82, 2.24) is 29.9 Å². The summed E-state index contributed by atoms with van der Waals surface area (Å²) in [5.74, 6) is 3.57. The topological polar surface area (TPSA) is 81.7 Å². The van der Waals surface area contributed by atoms with Crippen LogP contribution in [0, 0.1) is 6.57 Å². The fourth-order valence-corrected chi connectivity index (χ4v) is 8.33. The van der Waals surface area contributed by atoms with Gasteiger partial charge >= 0.3 is 0 Å². The average molecular weight is 748 g/mol. The molecule has 0 aliphatic heterocycles. The number of benzene rings is 7. The number of thiophene rings is 1. The molecule has 0 N–H and O–H groups in total. The van der Waals surface area contributed by atoms with Crippen molar-refractivity contribution in [3.8, 4) is 79.5 Å². The van der Waals surface area contributed by atoms with Crippen LogP contribution in [0.2, 0.25) is 0 Å². The highest BCUT2D eigenvalue weighted by atomic mass is 32.1. The highest BCUT2D eigenvalue weighted by Gasteiger charge is 2.20. The summed E-state index contributed by atoms with van der Waals surface area (Å²) in [6.45, 7) is 7.64. The van der Waals surface area contributed by atoms with Gasteiger partial charge in [-0.15, -0.1) is 11.3 Å². The van der Waals surface area contributed by atoms with E-state index in [1.54, 1.807) is 11.3 Å². The molecule has 7 nitrogen and oxygen atoms in total. The first-order chi connectivity index (χ1) is 28.2. The minimum atomic E-state index is 0.563. The number of fused-ring (bicyclic) bond motifs is 3. The van der Waals surface area contributed by atoms with Crippen molar-refractivity contribution < 1.29 is 0 Å². The zero-order valence-corrected chi connectivity index (χ0v) is 31.1. The monoisotopic (exact) mass is 747 g/mol. The number of hydrogen-bond acceptors (Lipinski definition) is 7. The summed E-state index contributed by atoms with van der Waals surface area (Å²) in [6.07, 6.45) is 0. The Morgan fingerprint density at radius 1 is 0.351 bits per heavy atom. The second-order valence-corrected chi connectivity index (χ2v) is 14.4. The third kappa shape index (κ3) is 6.38. The lowest BCUT2D eigenvalue weighted by Crippen LogP contribution is -2.00. The van der Waals surface area contributed by atoms with Crippen molar-refractivity contribution in [3.63, 3.8) is 0 Å². The van der Waals surface area contributed by atoms with E-state index in [1.807, 2.05) is 140 Å². The van der Waals surface area contributed by atoms with E-state index < -0.39 is 0 Å². The Morgan fingerprint density at radius 3 is 1.33 bits per heavy atom. The molecule has 0 radical (unpaired) electrons. The fourth-order valence-electron chi connectivity index (χ4n) is 7.10. The Hall–Kier alpha value is -7.73. The molecule has 0 aliphatic carbocycles. The van der Waals surface area contributed by atoms with Crippen LogP contribution in [-0.2, 0) is 0 Å². The number of nitrogens with zero attached hydrogens (tertiary/aromatic N) is 7. The molecular weight excluding hydrogens is 719 g/mol. The predicted molar refractivity (Wildman–Crippen MR) is 230 cm³/mol. The first-order valence-electron chi connectivity index (χ1n) is 18.4. The molecule has 0 aliphatic rings. The van der Waals surface area contributed by atoms with Crippen molar-refractivity contribution >= 4 is 37.2 Å². The van der Waals surface area contributed by atoms with Gasteiger partial charge in [0.05, 0.1) is 6.57 Å². The van der Waals surface area contributed by atoms with Gasteiger partial charge in [0.15, 0.2) is 40.6 Å². The second kappa shape index (κ2) is 14.5. The van der Waals surface area contributed by atoms with Gasteiger partial charge in [-0.1, -0.05) is 164 Å². The van der Waals surface area contributed by atoms with Gasteiger partial charge in [0.2, 0.25) is 0 Å². The van der Waals surface area contributed by atoms with E-state index in [0.29, 0.717) is 40.6 Å². The summed E-state index contributed by atoms with van der Waals surface area (Å²) < 4.78 is 2.17. The molecule has 0 amide bonds. The molecule has 7 aromatic carbocycles. The third-order valence-electron chi connectivity index (χ3n) is 9.85. The van der Waals surface area contributed by atoms with Gasteiger partial charge in [-0.3, -0.25) is 0 Å². The maximum Gasteiger partial charge on any atom is 0.194 e. The van der Waals surface area contributed by atoms with Gasteiger partial charge in [-0.2, -0.15) is 0 Å². The average Bonchev–Trinajstić information content (AvgIpc) is 3.69. The predicted octanol–water partition coefficient (Wildman–Crippen LogP) is 12.6. The van der Waals surface area contributed by atoms with Gasteiger partial charge < -0.3 is 0 Å². The van der Waals surface area contributed by atoms with Gasteiger partial charge in [0.25, 0.3) is 0 Å². The summed E-state index contributed by atoms with van der Waals surface area (Å²) >= 11 is 1.71. The normalized spacial score (nSPS) is 11.1. The van der Waals surface area contributed by atoms with Gasteiger partial charge in [0.1, 0.15) is 0 Å². The van der Waals surface area contributed by atoms with E-state index in [-0.39, 0.29) is 0 Å². The molecule has 3 heterocycles. The Kier molecular flexibility index (Phi) is 8.60. The zero-order valence-electron chi connectivity index (χ0n) is 30.3. The molecule has 0 atom stereocenters. The van der Waals surface area contributed by atoms with E-state index in [9.17, 15) is 0 Å². The number of aromatic nitrogens is 6. The Labute approximate surface area is 332 Å².